The number of halogens is 1. The van der Waals surface area contributed by atoms with Gasteiger partial charge in [0.15, 0.2) is 0 Å². The van der Waals surface area contributed by atoms with Crippen LogP contribution in [0.3, 0.4) is 0 Å². The summed E-state index contributed by atoms with van der Waals surface area (Å²) in [6.45, 7) is 14.1. The number of amides is 1. The van der Waals surface area contributed by atoms with E-state index in [0.29, 0.717) is 18.6 Å². The third kappa shape index (κ3) is 7.19. The second-order valence-corrected chi connectivity index (χ2v) is 5.49. The van der Waals surface area contributed by atoms with Crippen molar-refractivity contribution in [3.63, 3.8) is 0 Å². The lowest BCUT2D eigenvalue weighted by Gasteiger charge is -2.30. The van der Waals surface area contributed by atoms with Gasteiger partial charge >= 0.3 is 0 Å². The predicted molar refractivity (Wildman–Crippen MR) is 80.0 cm³/mol. The molecule has 1 amide bonds. The summed E-state index contributed by atoms with van der Waals surface area (Å²) in [7, 11) is 0. The van der Waals surface area contributed by atoms with E-state index in [0.717, 1.165) is 6.54 Å². The molecule has 0 rings (SSSR count). The maximum Gasteiger partial charge on any atom is 0.237 e. The molecule has 3 N–H and O–H groups in total. The third-order valence-corrected chi connectivity index (χ3v) is 3.02. The average molecular weight is 280 g/mol. The first-order valence-electron chi connectivity index (χ1n) is 6.56. The van der Waals surface area contributed by atoms with E-state index < -0.39 is 6.04 Å². The Kier molecular flexibility index (Phi) is 10.7. The first-order chi connectivity index (χ1) is 7.77. The zero-order valence-electron chi connectivity index (χ0n) is 12.6. The topological polar surface area (TPSA) is 58.4 Å². The summed E-state index contributed by atoms with van der Waals surface area (Å²) >= 11 is 0. The molecule has 0 saturated carbocycles. The normalized spacial score (nSPS) is 13.1. The second-order valence-electron chi connectivity index (χ2n) is 5.49. The standard InChI is InChI=1S/C13H29N3O.ClH/c1-9(2)12(14)13(17)15-7-8-16(10(3)4)11(5)6;/h9-12H,7-8,14H2,1-6H3,(H,15,17);1H/t12-;/m0./s1. The van der Waals surface area contributed by atoms with Gasteiger partial charge in [-0.05, 0) is 33.6 Å². The van der Waals surface area contributed by atoms with Gasteiger partial charge in [-0.2, -0.15) is 0 Å². The Labute approximate surface area is 118 Å². The van der Waals surface area contributed by atoms with Gasteiger partial charge in [-0.3, -0.25) is 9.69 Å². The molecule has 1 atom stereocenters. The minimum Gasteiger partial charge on any atom is -0.353 e. The Balaban J connectivity index is 0. The number of hydrogen-bond donors (Lipinski definition) is 2. The molecule has 0 aliphatic heterocycles. The molecule has 0 aliphatic carbocycles. The van der Waals surface area contributed by atoms with Gasteiger partial charge < -0.3 is 11.1 Å². The number of nitrogens with one attached hydrogen (secondary N) is 1. The molecule has 0 aliphatic rings. The molecule has 0 heterocycles. The summed E-state index contributed by atoms with van der Waals surface area (Å²) in [5, 5.41) is 2.90. The van der Waals surface area contributed by atoms with E-state index in [1.807, 2.05) is 13.8 Å². The Morgan fingerprint density at radius 1 is 1.11 bits per heavy atom. The molecule has 0 unspecified atom stereocenters. The molecule has 4 nitrogen and oxygen atoms in total. The average Bonchev–Trinajstić information content (AvgIpc) is 2.21. The van der Waals surface area contributed by atoms with Crippen LogP contribution in [0, 0.1) is 5.92 Å². The van der Waals surface area contributed by atoms with Crippen molar-refractivity contribution in [2.45, 2.75) is 59.7 Å². The SMILES string of the molecule is CC(C)[C@H](N)C(=O)NCCN(C(C)C)C(C)C.Cl. The molecule has 0 aromatic carbocycles. The van der Waals surface area contributed by atoms with Crippen LogP contribution in [0.4, 0.5) is 0 Å². The molecule has 110 valence electrons. The number of rotatable bonds is 7. The van der Waals surface area contributed by atoms with E-state index in [1.165, 1.54) is 0 Å². The lowest BCUT2D eigenvalue weighted by atomic mass is 10.1. The van der Waals surface area contributed by atoms with Crippen molar-refractivity contribution in [1.29, 1.82) is 0 Å². The van der Waals surface area contributed by atoms with Crippen LogP contribution in [-0.4, -0.2) is 42.0 Å². The molecule has 0 radical (unpaired) electrons. The molecule has 0 bridgehead atoms. The van der Waals surface area contributed by atoms with Crippen molar-refractivity contribution in [2.24, 2.45) is 11.7 Å². The summed E-state index contributed by atoms with van der Waals surface area (Å²) in [4.78, 5) is 14.0. The van der Waals surface area contributed by atoms with Crippen LogP contribution in [0.1, 0.15) is 41.5 Å². The summed E-state index contributed by atoms with van der Waals surface area (Å²) in [5.74, 6) is 0.133. The number of nitrogens with zero attached hydrogens (tertiary/aromatic N) is 1. The molecule has 0 fully saturated rings. The zero-order chi connectivity index (χ0) is 13.6. The van der Waals surface area contributed by atoms with Gasteiger partial charge in [0.2, 0.25) is 5.91 Å². The quantitative estimate of drug-likeness (QED) is 0.745. The highest BCUT2D eigenvalue weighted by molar-refractivity contribution is 5.85. The summed E-state index contributed by atoms with van der Waals surface area (Å²) < 4.78 is 0. The highest BCUT2D eigenvalue weighted by Gasteiger charge is 2.17. The van der Waals surface area contributed by atoms with Crippen molar-refractivity contribution in [3.05, 3.63) is 0 Å². The van der Waals surface area contributed by atoms with Crippen molar-refractivity contribution in [2.75, 3.05) is 13.1 Å². The zero-order valence-corrected chi connectivity index (χ0v) is 13.4. The van der Waals surface area contributed by atoms with E-state index in [9.17, 15) is 4.79 Å². The van der Waals surface area contributed by atoms with Gasteiger partial charge in [-0.25, -0.2) is 0 Å². The molecule has 5 heteroatoms. The Hall–Kier alpha value is -0.320. The van der Waals surface area contributed by atoms with Crippen LogP contribution in [0.15, 0.2) is 0 Å². The van der Waals surface area contributed by atoms with Gasteiger partial charge in [-0.15, -0.1) is 12.4 Å². The lowest BCUT2D eigenvalue weighted by molar-refractivity contribution is -0.123. The molecule has 0 saturated heterocycles. The van der Waals surface area contributed by atoms with Gasteiger partial charge in [0, 0.05) is 25.2 Å². The number of nitrogens with two attached hydrogens (primary N) is 1. The molecule has 0 aromatic rings. The van der Waals surface area contributed by atoms with E-state index in [1.54, 1.807) is 0 Å². The fourth-order valence-electron chi connectivity index (χ4n) is 1.84. The van der Waals surface area contributed by atoms with Gasteiger partial charge in [-0.1, -0.05) is 13.8 Å². The van der Waals surface area contributed by atoms with Gasteiger partial charge in [0.25, 0.3) is 0 Å². The van der Waals surface area contributed by atoms with Crippen LogP contribution >= 0.6 is 12.4 Å². The lowest BCUT2D eigenvalue weighted by Crippen LogP contribution is -2.47. The first kappa shape index (κ1) is 20.0. The maximum atomic E-state index is 11.7. The van der Waals surface area contributed by atoms with Crippen molar-refractivity contribution in [3.8, 4) is 0 Å². The monoisotopic (exact) mass is 279 g/mol. The summed E-state index contributed by atoms with van der Waals surface area (Å²) in [5.41, 5.74) is 5.77. The second kappa shape index (κ2) is 9.59. The Morgan fingerprint density at radius 2 is 1.56 bits per heavy atom. The number of carbonyl (C=O) groups excluding carboxylic acids is 1. The van der Waals surface area contributed by atoms with Crippen LogP contribution in [0.25, 0.3) is 0 Å². The van der Waals surface area contributed by atoms with E-state index >= 15 is 0 Å². The van der Waals surface area contributed by atoms with E-state index in [4.69, 9.17) is 5.73 Å². The van der Waals surface area contributed by atoms with Crippen LogP contribution in [0.5, 0.6) is 0 Å². The maximum absolute atomic E-state index is 11.7. The fraction of sp³-hybridized carbons (Fsp3) is 0.923. The first-order valence-corrected chi connectivity index (χ1v) is 6.56. The van der Waals surface area contributed by atoms with Crippen molar-refractivity contribution >= 4 is 18.3 Å². The minimum atomic E-state index is -0.401. The largest absolute Gasteiger partial charge is 0.353 e. The predicted octanol–water partition coefficient (Wildman–Crippen LogP) is 1.63. The highest BCUT2D eigenvalue weighted by atomic mass is 35.5. The Morgan fingerprint density at radius 3 is 1.89 bits per heavy atom. The highest BCUT2D eigenvalue weighted by Crippen LogP contribution is 2.03. The number of carbonyl (C=O) groups is 1. The molecule has 0 spiro atoms. The van der Waals surface area contributed by atoms with E-state index in [2.05, 4.69) is 37.9 Å². The molecular weight excluding hydrogens is 250 g/mol. The third-order valence-electron chi connectivity index (χ3n) is 3.02. The smallest absolute Gasteiger partial charge is 0.237 e. The molecule has 0 aromatic heterocycles. The molecular formula is C13H30ClN3O. The van der Waals surface area contributed by atoms with Crippen LogP contribution in [0.2, 0.25) is 0 Å². The minimum absolute atomic E-state index is 0. The van der Waals surface area contributed by atoms with E-state index in [-0.39, 0.29) is 24.2 Å². The van der Waals surface area contributed by atoms with Crippen molar-refractivity contribution in [1.82, 2.24) is 10.2 Å². The van der Waals surface area contributed by atoms with Crippen LogP contribution in [-0.2, 0) is 4.79 Å². The van der Waals surface area contributed by atoms with Crippen LogP contribution < -0.4 is 11.1 Å². The summed E-state index contributed by atoms with van der Waals surface area (Å²) in [6, 6.07) is 0.581. The molecule has 18 heavy (non-hydrogen) atoms. The summed E-state index contributed by atoms with van der Waals surface area (Å²) in [6.07, 6.45) is 0. The van der Waals surface area contributed by atoms with Gasteiger partial charge in [0.05, 0.1) is 6.04 Å². The van der Waals surface area contributed by atoms with Gasteiger partial charge in [0.1, 0.15) is 0 Å². The van der Waals surface area contributed by atoms with Crippen molar-refractivity contribution < 1.29 is 4.79 Å². The Bertz CT molecular complexity index is 224. The number of hydrogen-bond acceptors (Lipinski definition) is 3. The fourth-order valence-corrected chi connectivity index (χ4v) is 1.84.